The highest BCUT2D eigenvalue weighted by atomic mass is 31.1. The molecule has 3 heteroatoms. The lowest BCUT2D eigenvalue weighted by Crippen LogP contribution is -2.35. The van der Waals surface area contributed by atoms with Gasteiger partial charge in [-0.05, 0) is 94.1 Å². The minimum absolute atomic E-state index is 0.0595. The molecule has 0 spiro atoms. The molecule has 1 heterocycles. The van der Waals surface area contributed by atoms with Crippen LogP contribution in [0.2, 0.25) is 0 Å². The first kappa shape index (κ1) is 40.2. The predicted octanol–water partition coefficient (Wildman–Crippen LogP) is 12.5. The molecule has 0 bridgehead atoms. The fraction of sp³-hybridized carbons (Fsp3) is 0.321. The summed E-state index contributed by atoms with van der Waals surface area (Å²) in [6.45, 7) is 28.3. The van der Waals surface area contributed by atoms with Crippen LogP contribution in [0, 0.1) is 0 Å². The highest BCUT2D eigenvalue weighted by Crippen LogP contribution is 2.54. The number of rotatable bonds is 8. The van der Waals surface area contributed by atoms with Crippen molar-refractivity contribution in [2.45, 2.75) is 111 Å². The van der Waals surface area contributed by atoms with E-state index in [1.165, 1.54) is 65.2 Å². The van der Waals surface area contributed by atoms with Crippen molar-refractivity contribution < 1.29 is 4.74 Å². The topological polar surface area (TPSA) is 9.23 Å². The summed E-state index contributed by atoms with van der Waals surface area (Å²) in [5.41, 5.74) is 7.61. The predicted molar refractivity (Wildman–Crippen MR) is 248 cm³/mol. The number of ether oxygens (including phenoxy) is 1. The van der Waals surface area contributed by atoms with Crippen LogP contribution in [-0.2, 0) is 16.2 Å². The summed E-state index contributed by atoms with van der Waals surface area (Å²) < 4.78 is 7.79. The fourth-order valence-electron chi connectivity index (χ4n) is 8.14. The maximum Gasteiger partial charge on any atom is 0.139 e. The summed E-state index contributed by atoms with van der Waals surface area (Å²) in [5, 5.41) is 8.11. The van der Waals surface area contributed by atoms with E-state index in [-0.39, 0.29) is 16.2 Å². The molecule has 6 aromatic rings. The van der Waals surface area contributed by atoms with Crippen molar-refractivity contribution in [2.75, 3.05) is 0 Å². The maximum atomic E-state index is 7.79. The van der Waals surface area contributed by atoms with Gasteiger partial charge < -0.3 is 4.74 Å². The molecule has 0 saturated heterocycles. The molecule has 288 valence electrons. The van der Waals surface area contributed by atoms with Crippen molar-refractivity contribution in [3.63, 3.8) is 0 Å². The van der Waals surface area contributed by atoms with E-state index in [0.717, 1.165) is 11.5 Å². The molecule has 0 radical (unpaired) electrons. The van der Waals surface area contributed by atoms with E-state index >= 15 is 0 Å². The Bertz CT molecular complexity index is 2170. The zero-order valence-electron chi connectivity index (χ0n) is 35.7. The first-order chi connectivity index (χ1) is 26.5. The number of hydrogen-bond acceptors (Lipinski definition) is 1. The molecular formula is C53H60OP2. The zero-order valence-corrected chi connectivity index (χ0v) is 37.4. The molecule has 1 aliphatic heterocycles. The van der Waals surface area contributed by atoms with Gasteiger partial charge in [0, 0.05) is 27.2 Å². The van der Waals surface area contributed by atoms with Crippen LogP contribution >= 0.6 is 15.8 Å². The van der Waals surface area contributed by atoms with E-state index < -0.39 is 15.8 Å². The van der Waals surface area contributed by atoms with Crippen molar-refractivity contribution in [1.82, 2.24) is 0 Å². The molecule has 0 amide bonds. The summed E-state index contributed by atoms with van der Waals surface area (Å²) in [7, 11) is -1.96. The zero-order chi connectivity index (χ0) is 40.2. The Kier molecular flexibility index (Phi) is 11.0. The average molecular weight is 775 g/mol. The van der Waals surface area contributed by atoms with Crippen LogP contribution < -0.4 is 36.6 Å². The third kappa shape index (κ3) is 7.55. The number of benzene rings is 6. The molecule has 6 aromatic carbocycles. The molecule has 1 aliphatic rings. The SMILES string of the molecule is CC(C)c1ccccc1P(c1ccccc1)c1cc(C(C)(C)C)cc2c1Oc1c(P(c3ccccc3)c3ccccc3C(C)C)cc(C(C)(C)C)cc1C2(C)C. The Morgan fingerprint density at radius 2 is 0.786 bits per heavy atom. The molecule has 0 N–H and O–H groups in total. The first-order valence-electron chi connectivity index (χ1n) is 20.4. The van der Waals surface area contributed by atoms with Gasteiger partial charge in [0.2, 0.25) is 0 Å². The lowest BCUT2D eigenvalue weighted by Gasteiger charge is -2.41. The molecule has 0 saturated carbocycles. The molecular weight excluding hydrogens is 715 g/mol. The van der Waals surface area contributed by atoms with Crippen molar-refractivity contribution in [3.05, 3.63) is 167 Å². The maximum absolute atomic E-state index is 7.79. The van der Waals surface area contributed by atoms with E-state index in [1.807, 2.05) is 0 Å². The van der Waals surface area contributed by atoms with Crippen LogP contribution in [0.1, 0.15) is 128 Å². The molecule has 1 nitrogen and oxygen atoms in total. The molecule has 7 rings (SSSR count). The van der Waals surface area contributed by atoms with Gasteiger partial charge in [0.25, 0.3) is 0 Å². The van der Waals surface area contributed by atoms with Gasteiger partial charge in [-0.1, -0.05) is 204 Å². The van der Waals surface area contributed by atoms with E-state index in [0.29, 0.717) is 11.8 Å². The van der Waals surface area contributed by atoms with Gasteiger partial charge in [-0.2, -0.15) is 0 Å². The third-order valence-electron chi connectivity index (χ3n) is 11.5. The third-order valence-corrected chi connectivity index (χ3v) is 16.6. The number of hydrogen-bond donors (Lipinski definition) is 0. The molecule has 0 aromatic heterocycles. The van der Waals surface area contributed by atoms with Gasteiger partial charge in [-0.3, -0.25) is 0 Å². The van der Waals surface area contributed by atoms with Gasteiger partial charge in [0.1, 0.15) is 11.5 Å². The highest BCUT2D eigenvalue weighted by molar-refractivity contribution is 7.80. The van der Waals surface area contributed by atoms with Crippen molar-refractivity contribution in [2.24, 2.45) is 0 Å². The summed E-state index contributed by atoms with van der Waals surface area (Å²) in [5.74, 6) is 2.85. The summed E-state index contributed by atoms with van der Waals surface area (Å²) in [4.78, 5) is 0. The average Bonchev–Trinajstić information content (AvgIpc) is 3.16. The first-order valence-corrected chi connectivity index (χ1v) is 23.1. The van der Waals surface area contributed by atoms with Crippen molar-refractivity contribution >= 4 is 47.7 Å². The summed E-state index contributed by atoms with van der Waals surface area (Å²) in [6, 6.07) is 50.7. The normalized spacial score (nSPS) is 14.9. The Morgan fingerprint density at radius 3 is 1.12 bits per heavy atom. The smallest absolute Gasteiger partial charge is 0.139 e. The van der Waals surface area contributed by atoms with Crippen LogP contribution in [0.15, 0.2) is 133 Å². The van der Waals surface area contributed by atoms with Crippen LogP contribution in [0.3, 0.4) is 0 Å². The quantitative estimate of drug-likeness (QED) is 0.140. The van der Waals surface area contributed by atoms with Crippen LogP contribution in [0.4, 0.5) is 0 Å². The number of fused-ring (bicyclic) bond motifs is 2. The lowest BCUT2D eigenvalue weighted by molar-refractivity contribution is 0.421. The summed E-state index contributed by atoms with van der Waals surface area (Å²) in [6.07, 6.45) is 0. The van der Waals surface area contributed by atoms with Crippen LogP contribution in [-0.4, -0.2) is 0 Å². The molecule has 0 aliphatic carbocycles. The van der Waals surface area contributed by atoms with E-state index in [9.17, 15) is 0 Å². The van der Waals surface area contributed by atoms with E-state index in [1.54, 1.807) is 0 Å². The Morgan fingerprint density at radius 1 is 0.446 bits per heavy atom. The van der Waals surface area contributed by atoms with Crippen LogP contribution in [0.5, 0.6) is 11.5 Å². The summed E-state index contributed by atoms with van der Waals surface area (Å²) >= 11 is 0. The van der Waals surface area contributed by atoms with Gasteiger partial charge >= 0.3 is 0 Å². The molecule has 56 heavy (non-hydrogen) atoms. The van der Waals surface area contributed by atoms with Crippen molar-refractivity contribution in [3.8, 4) is 11.5 Å². The second kappa shape index (κ2) is 15.4. The Labute approximate surface area is 340 Å². The van der Waals surface area contributed by atoms with Crippen LogP contribution in [0.25, 0.3) is 0 Å². The minimum Gasteiger partial charge on any atom is -0.455 e. The second-order valence-electron chi connectivity index (χ2n) is 18.7. The van der Waals surface area contributed by atoms with E-state index in [4.69, 9.17) is 4.74 Å². The molecule has 2 unspecified atom stereocenters. The largest absolute Gasteiger partial charge is 0.455 e. The van der Waals surface area contributed by atoms with Gasteiger partial charge in [-0.15, -0.1) is 0 Å². The molecule has 0 fully saturated rings. The standard InChI is InChI=1S/C53H60OP2/c1-35(2)41-27-19-21-29-45(41)55(39-23-15-13-16-24-39)47-33-37(51(5,6)7)31-43-49(47)54-50-44(53(43,11)12)32-38(52(8,9)10)34-48(50)56(40-25-17-14-18-26-40)46-30-22-20-28-42(46)36(3)4/h13-36H,1-12H3. The Balaban J connectivity index is 1.60. The van der Waals surface area contributed by atoms with Gasteiger partial charge in [-0.25, -0.2) is 0 Å². The minimum atomic E-state index is -0.979. The Hall–Kier alpha value is -4.02. The van der Waals surface area contributed by atoms with Crippen molar-refractivity contribution in [1.29, 1.82) is 0 Å². The fourth-order valence-corrected chi connectivity index (χ4v) is 13.6. The monoisotopic (exact) mass is 774 g/mol. The highest BCUT2D eigenvalue weighted by Gasteiger charge is 2.42. The van der Waals surface area contributed by atoms with Gasteiger partial charge in [0.05, 0.1) is 0 Å². The second-order valence-corrected chi connectivity index (χ2v) is 23.0. The van der Waals surface area contributed by atoms with Gasteiger partial charge in [0.15, 0.2) is 0 Å². The lowest BCUT2D eigenvalue weighted by atomic mass is 9.72. The molecule has 2 atom stereocenters. The van der Waals surface area contributed by atoms with E-state index in [2.05, 4.69) is 217 Å².